The lowest BCUT2D eigenvalue weighted by Crippen LogP contribution is -2.64. The highest BCUT2D eigenvalue weighted by molar-refractivity contribution is 6.26. The lowest BCUT2D eigenvalue weighted by Gasteiger charge is -2.48. The van der Waals surface area contributed by atoms with Gasteiger partial charge in [0.05, 0.1) is 56.8 Å². The molecule has 4 aromatic rings. The number of aromatic nitrogens is 4. The fraction of sp³-hybridized carbons (Fsp3) is 0.629. The molecular weight excluding hydrogens is 1720 g/mol. The van der Waals surface area contributed by atoms with Crippen LogP contribution in [0.3, 0.4) is 0 Å². The predicted octanol–water partition coefficient (Wildman–Crippen LogP) is 9.52. The number of nitrogens with one attached hydrogen (secondary N) is 4. The van der Waals surface area contributed by atoms with Gasteiger partial charge in [0, 0.05) is 123 Å². The van der Waals surface area contributed by atoms with Crippen LogP contribution in [0.15, 0.2) is 61.2 Å². The summed E-state index contributed by atoms with van der Waals surface area (Å²) in [6.07, 6.45) is 27.2. The number of amides is 14. The molecular formula is C97H135N17O20. The molecule has 6 saturated heterocycles. The minimum absolute atomic E-state index is 0.0313. The number of ether oxygens (including phenoxy) is 2. The Balaban J connectivity index is 0.000000164. The molecule has 37 nitrogen and oxygen atoms in total. The van der Waals surface area contributed by atoms with E-state index in [4.69, 9.17) is 20.9 Å². The van der Waals surface area contributed by atoms with E-state index in [1.54, 1.807) is 84.4 Å². The quantitative estimate of drug-likeness (QED) is 0.0188. The Kier molecular flexibility index (Phi) is 31.5. The van der Waals surface area contributed by atoms with Gasteiger partial charge in [-0.3, -0.25) is 92.1 Å². The van der Waals surface area contributed by atoms with Crippen molar-refractivity contribution in [3.8, 4) is 0 Å². The number of nitrogens with two attached hydrogens (primary N) is 2. The molecule has 2 aromatic heterocycles. The number of carbonyl (C=O) groups is 18. The minimum atomic E-state index is -1.06. The Bertz CT molecular complexity index is 5130. The van der Waals surface area contributed by atoms with Crippen LogP contribution in [-0.4, -0.2) is 250 Å². The van der Waals surface area contributed by atoms with Crippen molar-refractivity contribution >= 4 is 120 Å². The molecule has 10 fully saturated rings. The number of nitrogen functional groups attached to an aromatic ring is 1. The highest BCUT2D eigenvalue weighted by atomic mass is 16.6. The van der Waals surface area contributed by atoms with Gasteiger partial charge in [0.2, 0.25) is 47.3 Å². The van der Waals surface area contributed by atoms with E-state index >= 15 is 0 Å². The summed E-state index contributed by atoms with van der Waals surface area (Å²) < 4.78 is 14.8. The fourth-order valence-corrected chi connectivity index (χ4v) is 19.0. The molecule has 2 unspecified atom stereocenters. The van der Waals surface area contributed by atoms with E-state index in [0.29, 0.717) is 87.5 Å². The summed E-state index contributed by atoms with van der Waals surface area (Å²) in [6.45, 7) is 34.4. The molecule has 10 heterocycles. The number of nitrogens with zero attached hydrogens (tertiary/aromatic N) is 11. The molecule has 728 valence electrons. The standard InChI is InChI=1S/C29H34N6O5.C22H39N3O5.C16H23N3O2.C13H11N3O4.C13H24N2O.C4H4O3/c1-28(9-4-10-28)27(40)33-13-11-29(2,12-14-33)34-17-18(16-31-34)15-30-20-6-3-5-19-23(20)26(39)35(25(19)38)21-7-8-22(36)32-24(21)37;1-19(2,3)29-17(27)23-25(18(28)30-20(4,5)6)22(8)12-14-24(15-13-22)16(26)21(7)10-9-11-21;1-15(4-3-5-15)14(21)18-8-6-16(2,7-9-18)19-11-13(12-20)10-17-19;14-7-3-1-2-6-10(7)13(20)16(12(6)19)8-4-5-9(17)15-11(8)18;1-12(10-14)6-8-15(9-7-12)11(16)13(2)4-3-5-13;5-1-4(2-6)3-7/h3,5-6,16-17,21,30H,4,7-15H2,1-2H3,(H,32,36,37);9-15H2,1-8H3,(H,23,27);10-12H,3-9H2,1-2H3;1-3,8H,4-5,14H2,(H,15,17,18);3-10,14H2,1-2H3;1-4H. The van der Waals surface area contributed by atoms with Crippen LogP contribution in [0.5, 0.6) is 0 Å². The van der Waals surface area contributed by atoms with E-state index in [2.05, 4.69) is 78.0 Å². The first-order chi connectivity index (χ1) is 62.9. The van der Waals surface area contributed by atoms with Crippen LogP contribution in [0.25, 0.3) is 0 Å². The Morgan fingerprint density at radius 2 is 0.881 bits per heavy atom. The SMILES string of the molecule is CC(C)(C)OC(=O)NN(C(=O)OC(C)(C)C)C1(C)CCN(C(=O)C2(C)CCC2)CC1.CC1(C(=O)N2CCC(C)(n3cc(C=O)cn3)CC2)CCC1.CC1(C(=O)N2CCC(C)(n3cc(CNc4cccc5c4C(=O)N(C4CCC(=O)NC4=O)C5=O)cn3)CC2)CCC1.CC1(CN)CCN(C(=O)C2(C)CCC2)CC1.Nc1cccc2c1C(=O)N(C1CCC(=O)NC1=O)C2=O.O=CC(C=O)C=O. The number of hydrogen-bond acceptors (Lipinski definition) is 25. The summed E-state index contributed by atoms with van der Waals surface area (Å²) in [4.78, 5) is 223. The van der Waals surface area contributed by atoms with E-state index < -0.39 is 94.2 Å². The van der Waals surface area contributed by atoms with Crippen molar-refractivity contribution in [2.45, 2.75) is 297 Å². The van der Waals surface area contributed by atoms with Crippen molar-refractivity contribution in [1.82, 2.24) is 70.0 Å². The van der Waals surface area contributed by atoms with Crippen LogP contribution in [-0.2, 0) is 79.8 Å². The monoisotopic (exact) mass is 1860 g/mol. The van der Waals surface area contributed by atoms with E-state index in [1.807, 2.05) is 44.1 Å². The maximum Gasteiger partial charge on any atom is 0.429 e. The van der Waals surface area contributed by atoms with Crippen molar-refractivity contribution in [1.29, 1.82) is 0 Å². The third-order valence-corrected chi connectivity index (χ3v) is 29.1. The second-order valence-electron chi connectivity index (χ2n) is 42.1. The summed E-state index contributed by atoms with van der Waals surface area (Å²) in [5.41, 5.74) is 14.4. The number of anilines is 2. The second-order valence-corrected chi connectivity index (χ2v) is 42.1. The third kappa shape index (κ3) is 23.0. The zero-order valence-corrected chi connectivity index (χ0v) is 80.1. The molecule has 4 aliphatic carbocycles. The number of hydrazine groups is 1. The van der Waals surface area contributed by atoms with Gasteiger partial charge in [-0.15, -0.1) is 0 Å². The highest BCUT2D eigenvalue weighted by Crippen LogP contribution is 2.48. The first kappa shape index (κ1) is 103. The van der Waals surface area contributed by atoms with Crippen molar-refractivity contribution in [2.24, 2.45) is 38.7 Å². The Labute approximate surface area is 782 Å². The molecule has 8 N–H and O–H groups in total. The molecule has 16 rings (SSSR count). The number of fused-ring (bicyclic) bond motifs is 2. The maximum atomic E-state index is 13.3. The molecule has 12 aliphatic rings. The zero-order chi connectivity index (χ0) is 98.2. The van der Waals surface area contributed by atoms with Crippen molar-refractivity contribution < 1.29 is 95.8 Å². The van der Waals surface area contributed by atoms with Crippen molar-refractivity contribution in [3.63, 3.8) is 0 Å². The number of rotatable bonds is 17. The minimum Gasteiger partial charge on any atom is -0.443 e. The molecule has 37 heteroatoms. The van der Waals surface area contributed by atoms with E-state index in [0.717, 1.165) is 157 Å². The fourth-order valence-electron chi connectivity index (χ4n) is 19.0. The zero-order valence-electron chi connectivity index (χ0n) is 80.1. The summed E-state index contributed by atoms with van der Waals surface area (Å²) in [6, 6.07) is 7.65. The van der Waals surface area contributed by atoms with Gasteiger partial charge >= 0.3 is 12.2 Å². The van der Waals surface area contributed by atoms with Crippen LogP contribution >= 0.6 is 0 Å². The van der Waals surface area contributed by atoms with Gasteiger partial charge in [-0.25, -0.2) is 20.0 Å². The largest absolute Gasteiger partial charge is 0.443 e. The number of hydrogen-bond donors (Lipinski definition) is 6. The van der Waals surface area contributed by atoms with Crippen LogP contribution < -0.4 is 32.8 Å². The van der Waals surface area contributed by atoms with Crippen LogP contribution in [0, 0.1) is 33.0 Å². The Morgan fingerprint density at radius 1 is 0.500 bits per heavy atom. The number of aldehydes is 4. The van der Waals surface area contributed by atoms with Gasteiger partial charge in [0.15, 0.2) is 6.29 Å². The summed E-state index contributed by atoms with van der Waals surface area (Å²) in [5, 5.41) is 17.8. The lowest BCUT2D eigenvalue weighted by atomic mass is 9.69. The third-order valence-electron chi connectivity index (χ3n) is 29.1. The topological polar surface area (TPSA) is 484 Å². The van der Waals surface area contributed by atoms with Crippen molar-refractivity contribution in [2.75, 3.05) is 70.0 Å². The smallest absolute Gasteiger partial charge is 0.429 e. The average Bonchev–Trinajstić information content (AvgIpc) is 1.50. The number of benzene rings is 2. The molecule has 0 spiro atoms. The normalized spacial score (nSPS) is 22.3. The van der Waals surface area contributed by atoms with Crippen molar-refractivity contribution in [3.05, 3.63) is 94.6 Å². The van der Waals surface area contributed by atoms with Crippen LogP contribution in [0.4, 0.5) is 21.0 Å². The van der Waals surface area contributed by atoms with Gasteiger partial charge in [-0.05, 0) is 214 Å². The van der Waals surface area contributed by atoms with E-state index in [1.165, 1.54) is 30.0 Å². The molecule has 0 bridgehead atoms. The molecule has 4 saturated carbocycles. The number of likely N-dealkylation sites (tertiary alicyclic amines) is 4. The molecule has 8 aliphatic heterocycles. The predicted molar refractivity (Wildman–Crippen MR) is 491 cm³/mol. The second kappa shape index (κ2) is 41.1. The van der Waals surface area contributed by atoms with E-state index in [9.17, 15) is 86.3 Å². The van der Waals surface area contributed by atoms with Gasteiger partial charge in [0.25, 0.3) is 23.6 Å². The molecule has 2 aromatic carbocycles. The average molecular weight is 1860 g/mol. The molecule has 2 atom stereocenters. The molecule has 0 radical (unpaired) electrons. The maximum absolute atomic E-state index is 13.3. The molecule has 134 heavy (non-hydrogen) atoms. The van der Waals surface area contributed by atoms with Gasteiger partial charge in [-0.1, -0.05) is 72.4 Å². The van der Waals surface area contributed by atoms with E-state index in [-0.39, 0.29) is 104 Å². The molecule has 14 amide bonds. The number of imide groups is 4. The first-order valence-corrected chi connectivity index (χ1v) is 46.9. The number of piperidine rings is 6. The summed E-state index contributed by atoms with van der Waals surface area (Å²) >= 11 is 0. The number of carbonyl (C=O) groups excluding carboxylic acids is 18. The Hall–Kier alpha value is -11.9. The van der Waals surface area contributed by atoms with Crippen LogP contribution in [0.2, 0.25) is 0 Å². The highest BCUT2D eigenvalue weighted by Gasteiger charge is 2.53. The Morgan fingerprint density at radius 3 is 1.24 bits per heavy atom. The van der Waals surface area contributed by atoms with Crippen LogP contribution in [0.1, 0.15) is 308 Å². The van der Waals surface area contributed by atoms with Gasteiger partial charge in [-0.2, -0.15) is 10.2 Å². The van der Waals surface area contributed by atoms with Gasteiger partial charge in [0.1, 0.15) is 48.1 Å². The lowest BCUT2D eigenvalue weighted by molar-refractivity contribution is -0.149. The summed E-state index contributed by atoms with van der Waals surface area (Å²) in [7, 11) is 0. The summed E-state index contributed by atoms with van der Waals surface area (Å²) in [5.74, 6) is -4.15. The first-order valence-electron chi connectivity index (χ1n) is 46.9. The van der Waals surface area contributed by atoms with Gasteiger partial charge < -0.3 is 60.2 Å².